The summed E-state index contributed by atoms with van der Waals surface area (Å²) in [5, 5.41) is 3.31. The van der Waals surface area contributed by atoms with Crippen molar-refractivity contribution in [3.63, 3.8) is 0 Å². The van der Waals surface area contributed by atoms with Gasteiger partial charge in [-0.3, -0.25) is 9.59 Å². The number of fused-ring (bicyclic) bond motifs is 2. The maximum atomic E-state index is 13.0. The van der Waals surface area contributed by atoms with Gasteiger partial charge in [0.1, 0.15) is 0 Å². The number of benzene rings is 1. The molecule has 1 saturated carbocycles. The number of rotatable bonds is 7. The lowest BCUT2D eigenvalue weighted by atomic mass is 9.84. The molecule has 1 aromatic carbocycles. The van der Waals surface area contributed by atoms with E-state index >= 15 is 0 Å². The summed E-state index contributed by atoms with van der Waals surface area (Å²) < 4.78 is 42.1. The summed E-state index contributed by atoms with van der Waals surface area (Å²) >= 11 is 1.23. The molecular formula is C27H33F3N4O3S. The Morgan fingerprint density at radius 1 is 1.18 bits per heavy atom. The van der Waals surface area contributed by atoms with Crippen LogP contribution in [0.5, 0.6) is 5.19 Å². The van der Waals surface area contributed by atoms with Crippen LogP contribution in [0.15, 0.2) is 18.2 Å². The van der Waals surface area contributed by atoms with Crippen LogP contribution >= 0.6 is 11.3 Å². The standard InChI is InChI=1S/C27H33F3N4O3S/c1-33-15-21-19(3-2-4-20(21)25(33)36)24(35)31-18-7-5-17(6-8-18)9-12-34-13-10-22-23(11-14-34)38-26(32-22)37-16-27(28,29)30/h2-4,17-18H,5-16H2,1H3,(H,31,35). The van der Waals surface area contributed by atoms with Gasteiger partial charge in [-0.1, -0.05) is 17.4 Å². The Hall–Kier alpha value is -2.66. The molecule has 3 heterocycles. The Morgan fingerprint density at radius 3 is 2.71 bits per heavy atom. The van der Waals surface area contributed by atoms with E-state index in [1.807, 2.05) is 0 Å². The van der Waals surface area contributed by atoms with Crippen molar-refractivity contribution in [2.24, 2.45) is 5.92 Å². The second kappa shape index (κ2) is 11.2. The van der Waals surface area contributed by atoms with Gasteiger partial charge in [-0.25, -0.2) is 4.98 Å². The Bertz CT molecular complexity index is 1150. The molecule has 2 aliphatic heterocycles. The van der Waals surface area contributed by atoms with E-state index in [0.717, 1.165) is 80.7 Å². The molecule has 2 aromatic rings. The van der Waals surface area contributed by atoms with E-state index in [4.69, 9.17) is 4.74 Å². The number of alkyl halides is 3. The van der Waals surface area contributed by atoms with Gasteiger partial charge in [-0.15, -0.1) is 0 Å². The van der Waals surface area contributed by atoms with Crippen molar-refractivity contribution < 1.29 is 27.5 Å². The molecule has 0 atom stereocenters. The third kappa shape index (κ3) is 6.31. The highest BCUT2D eigenvalue weighted by atomic mass is 32.1. The molecule has 0 unspecified atom stereocenters. The lowest BCUT2D eigenvalue weighted by Crippen LogP contribution is -2.38. The molecule has 11 heteroatoms. The molecule has 0 bridgehead atoms. The van der Waals surface area contributed by atoms with Gasteiger partial charge < -0.3 is 19.9 Å². The topological polar surface area (TPSA) is 74.8 Å². The summed E-state index contributed by atoms with van der Waals surface area (Å²) in [5.41, 5.74) is 2.91. The number of ether oxygens (including phenoxy) is 1. The molecule has 206 valence electrons. The van der Waals surface area contributed by atoms with Gasteiger partial charge in [0.2, 0.25) is 0 Å². The molecule has 0 radical (unpaired) electrons. The van der Waals surface area contributed by atoms with E-state index in [1.54, 1.807) is 30.1 Å². The van der Waals surface area contributed by atoms with Crippen LogP contribution in [0.25, 0.3) is 0 Å². The van der Waals surface area contributed by atoms with Gasteiger partial charge in [0.15, 0.2) is 6.61 Å². The lowest BCUT2D eigenvalue weighted by molar-refractivity contribution is -0.153. The number of thiazole rings is 1. The number of hydrogen-bond donors (Lipinski definition) is 1. The predicted octanol–water partition coefficient (Wildman–Crippen LogP) is 4.45. The minimum absolute atomic E-state index is 0.0360. The van der Waals surface area contributed by atoms with Gasteiger partial charge in [-0.2, -0.15) is 13.2 Å². The van der Waals surface area contributed by atoms with Crippen LogP contribution < -0.4 is 10.1 Å². The lowest BCUT2D eigenvalue weighted by Gasteiger charge is -2.31. The molecule has 1 aliphatic carbocycles. The number of amides is 2. The Labute approximate surface area is 224 Å². The zero-order valence-corrected chi connectivity index (χ0v) is 22.3. The van der Waals surface area contributed by atoms with Crippen LogP contribution in [-0.2, 0) is 19.4 Å². The summed E-state index contributed by atoms with van der Waals surface area (Å²) in [4.78, 5) is 34.6. The van der Waals surface area contributed by atoms with Crippen LogP contribution in [0, 0.1) is 5.92 Å². The van der Waals surface area contributed by atoms with E-state index in [1.165, 1.54) is 11.3 Å². The maximum Gasteiger partial charge on any atom is 0.422 e. The smallest absolute Gasteiger partial charge is 0.422 e. The molecule has 7 nitrogen and oxygen atoms in total. The second-order valence-corrected chi connectivity index (χ2v) is 11.6. The monoisotopic (exact) mass is 550 g/mol. The number of carbonyl (C=O) groups excluding carboxylic acids is 2. The highest BCUT2D eigenvalue weighted by Crippen LogP contribution is 2.31. The molecule has 5 rings (SSSR count). The fourth-order valence-electron chi connectivity index (χ4n) is 5.72. The summed E-state index contributed by atoms with van der Waals surface area (Å²) in [6, 6.07) is 5.52. The van der Waals surface area contributed by atoms with Crippen molar-refractivity contribution in [1.82, 2.24) is 20.1 Å². The number of hydrogen-bond acceptors (Lipinski definition) is 6. The average molecular weight is 551 g/mol. The van der Waals surface area contributed by atoms with Crippen molar-refractivity contribution in [2.45, 2.75) is 63.7 Å². The van der Waals surface area contributed by atoms with Crippen molar-refractivity contribution in [2.75, 3.05) is 33.3 Å². The maximum absolute atomic E-state index is 13.0. The van der Waals surface area contributed by atoms with Crippen molar-refractivity contribution >= 4 is 23.2 Å². The van der Waals surface area contributed by atoms with Crippen LogP contribution in [0.4, 0.5) is 13.2 Å². The molecule has 38 heavy (non-hydrogen) atoms. The summed E-state index contributed by atoms with van der Waals surface area (Å²) in [7, 11) is 1.75. The first-order valence-corrected chi connectivity index (χ1v) is 14.1. The average Bonchev–Trinajstić information content (AvgIpc) is 3.35. The summed E-state index contributed by atoms with van der Waals surface area (Å²) in [6.07, 6.45) is 2.30. The zero-order valence-electron chi connectivity index (χ0n) is 21.5. The van der Waals surface area contributed by atoms with Crippen molar-refractivity contribution in [3.05, 3.63) is 45.5 Å². The van der Waals surface area contributed by atoms with Crippen LogP contribution in [0.1, 0.15) is 69.0 Å². The largest absolute Gasteiger partial charge is 0.460 e. The summed E-state index contributed by atoms with van der Waals surface area (Å²) in [5.74, 6) is 0.491. The highest BCUT2D eigenvalue weighted by Gasteiger charge is 2.31. The highest BCUT2D eigenvalue weighted by molar-refractivity contribution is 7.13. The second-order valence-electron chi connectivity index (χ2n) is 10.6. The van der Waals surface area contributed by atoms with E-state index < -0.39 is 12.8 Å². The van der Waals surface area contributed by atoms with Crippen LogP contribution in [-0.4, -0.2) is 72.1 Å². The SMILES string of the molecule is CN1Cc2c(C(=O)NC3CCC(CCN4CCc5nc(OCC(F)(F)F)sc5CC4)CC3)cccc2C1=O. The fourth-order valence-corrected chi connectivity index (χ4v) is 6.67. The molecule has 3 aliphatic rings. The van der Waals surface area contributed by atoms with Crippen molar-refractivity contribution in [3.8, 4) is 5.19 Å². The first kappa shape index (κ1) is 26.9. The first-order valence-electron chi connectivity index (χ1n) is 13.2. The normalized spacial score (nSPS) is 22.1. The summed E-state index contributed by atoms with van der Waals surface area (Å²) in [6.45, 7) is 1.88. The van der Waals surface area contributed by atoms with Gasteiger partial charge in [-0.05, 0) is 68.7 Å². The van der Waals surface area contributed by atoms with E-state index in [0.29, 0.717) is 23.6 Å². The number of nitrogens with one attached hydrogen (secondary N) is 1. The number of nitrogens with zero attached hydrogens (tertiary/aromatic N) is 3. The third-order valence-corrected chi connectivity index (χ3v) is 8.94. The van der Waals surface area contributed by atoms with Gasteiger partial charge in [0.25, 0.3) is 17.0 Å². The van der Waals surface area contributed by atoms with Gasteiger partial charge >= 0.3 is 6.18 Å². The van der Waals surface area contributed by atoms with Crippen LogP contribution in [0.2, 0.25) is 0 Å². The van der Waals surface area contributed by atoms with E-state index in [-0.39, 0.29) is 23.0 Å². The minimum atomic E-state index is -4.36. The molecule has 0 saturated heterocycles. The quantitative estimate of drug-likeness (QED) is 0.552. The fraction of sp³-hybridized carbons (Fsp3) is 0.593. The molecule has 1 fully saturated rings. The number of halogens is 3. The third-order valence-electron chi connectivity index (χ3n) is 7.87. The zero-order chi connectivity index (χ0) is 26.9. The van der Waals surface area contributed by atoms with E-state index in [9.17, 15) is 22.8 Å². The Balaban J connectivity index is 1.04. The molecular weight excluding hydrogens is 517 g/mol. The number of carbonyl (C=O) groups is 2. The molecule has 0 spiro atoms. The molecule has 2 amide bonds. The number of aromatic nitrogens is 1. The molecule has 1 aromatic heterocycles. The van der Waals surface area contributed by atoms with E-state index in [2.05, 4.69) is 15.2 Å². The van der Waals surface area contributed by atoms with Crippen LogP contribution in [0.3, 0.4) is 0 Å². The Kier molecular flexibility index (Phi) is 7.95. The van der Waals surface area contributed by atoms with Gasteiger partial charge in [0.05, 0.1) is 5.69 Å². The minimum Gasteiger partial charge on any atom is -0.460 e. The molecule has 1 N–H and O–H groups in total. The Morgan fingerprint density at radius 2 is 1.95 bits per heavy atom. The predicted molar refractivity (Wildman–Crippen MR) is 138 cm³/mol. The van der Waals surface area contributed by atoms with Gasteiger partial charge in [0, 0.05) is 55.1 Å². The van der Waals surface area contributed by atoms with Crippen molar-refractivity contribution in [1.29, 1.82) is 0 Å². The first-order chi connectivity index (χ1) is 18.2.